The van der Waals surface area contributed by atoms with E-state index < -0.39 is 11.6 Å². The third-order valence-electron chi connectivity index (χ3n) is 1.88. The van der Waals surface area contributed by atoms with Gasteiger partial charge in [-0.2, -0.15) is 0 Å². The first-order valence-electron chi connectivity index (χ1n) is 4.57. The number of halogens is 3. The Kier molecular flexibility index (Phi) is 5.14. The molecule has 0 bridgehead atoms. The summed E-state index contributed by atoms with van der Waals surface area (Å²) in [6.07, 6.45) is 0.678. The SMILES string of the molecule is NCCCOCc1c(F)ccc(Br)c1F. The standard InChI is InChI=1S/C10H12BrF2NO/c11-8-2-3-9(12)7(10(8)13)6-15-5-1-4-14/h2-3H,1,4-6,14H2. The fraction of sp³-hybridized carbons (Fsp3) is 0.400. The summed E-state index contributed by atoms with van der Waals surface area (Å²) in [5.41, 5.74) is 5.20. The molecule has 0 unspecified atom stereocenters. The first kappa shape index (κ1) is 12.5. The van der Waals surface area contributed by atoms with Crippen molar-refractivity contribution in [3.05, 3.63) is 33.8 Å². The van der Waals surface area contributed by atoms with Gasteiger partial charge in [-0.3, -0.25) is 0 Å². The second kappa shape index (κ2) is 6.15. The van der Waals surface area contributed by atoms with Crippen molar-refractivity contribution in [1.82, 2.24) is 0 Å². The average Bonchev–Trinajstić information content (AvgIpc) is 2.23. The predicted molar refractivity (Wildman–Crippen MR) is 57.4 cm³/mol. The molecular formula is C10H12BrF2NO. The van der Waals surface area contributed by atoms with Crippen molar-refractivity contribution >= 4 is 15.9 Å². The van der Waals surface area contributed by atoms with Gasteiger partial charge in [0.15, 0.2) is 0 Å². The summed E-state index contributed by atoms with van der Waals surface area (Å²) in [4.78, 5) is 0. The first-order valence-corrected chi connectivity index (χ1v) is 5.36. The molecule has 0 fully saturated rings. The van der Waals surface area contributed by atoms with Crippen molar-refractivity contribution in [2.75, 3.05) is 13.2 Å². The van der Waals surface area contributed by atoms with E-state index in [1.807, 2.05) is 0 Å². The highest BCUT2D eigenvalue weighted by Crippen LogP contribution is 2.22. The highest BCUT2D eigenvalue weighted by molar-refractivity contribution is 9.10. The van der Waals surface area contributed by atoms with Crippen molar-refractivity contribution in [2.24, 2.45) is 5.73 Å². The topological polar surface area (TPSA) is 35.2 Å². The second-order valence-electron chi connectivity index (χ2n) is 3.02. The summed E-state index contributed by atoms with van der Waals surface area (Å²) in [5.74, 6) is -1.20. The van der Waals surface area contributed by atoms with E-state index in [0.717, 1.165) is 0 Å². The van der Waals surface area contributed by atoms with Crippen LogP contribution in [0.25, 0.3) is 0 Å². The molecule has 0 atom stereocenters. The van der Waals surface area contributed by atoms with Gasteiger partial charge >= 0.3 is 0 Å². The number of ether oxygens (including phenoxy) is 1. The molecule has 0 amide bonds. The summed E-state index contributed by atoms with van der Waals surface area (Å²) in [7, 11) is 0. The molecular weight excluding hydrogens is 268 g/mol. The lowest BCUT2D eigenvalue weighted by molar-refractivity contribution is 0.115. The molecule has 0 radical (unpaired) electrons. The van der Waals surface area contributed by atoms with Crippen LogP contribution in [0.2, 0.25) is 0 Å². The molecule has 0 saturated heterocycles. The highest BCUT2D eigenvalue weighted by Gasteiger charge is 2.11. The van der Waals surface area contributed by atoms with Crippen molar-refractivity contribution in [1.29, 1.82) is 0 Å². The van der Waals surface area contributed by atoms with Crippen LogP contribution in [0.3, 0.4) is 0 Å². The van der Waals surface area contributed by atoms with Crippen LogP contribution in [0.5, 0.6) is 0 Å². The van der Waals surface area contributed by atoms with Crippen molar-refractivity contribution in [2.45, 2.75) is 13.0 Å². The highest BCUT2D eigenvalue weighted by atomic mass is 79.9. The van der Waals surface area contributed by atoms with E-state index in [0.29, 0.717) is 19.6 Å². The van der Waals surface area contributed by atoms with Gasteiger partial charge in [0.05, 0.1) is 16.6 Å². The van der Waals surface area contributed by atoms with E-state index in [9.17, 15) is 8.78 Å². The van der Waals surface area contributed by atoms with Crippen LogP contribution < -0.4 is 5.73 Å². The third-order valence-corrected chi connectivity index (χ3v) is 2.49. The number of nitrogens with two attached hydrogens (primary N) is 1. The maximum atomic E-state index is 13.4. The molecule has 15 heavy (non-hydrogen) atoms. The molecule has 5 heteroatoms. The Hall–Kier alpha value is -0.520. The molecule has 0 spiro atoms. The zero-order valence-corrected chi connectivity index (χ0v) is 9.69. The third kappa shape index (κ3) is 3.52. The lowest BCUT2D eigenvalue weighted by atomic mass is 10.2. The van der Waals surface area contributed by atoms with Crippen molar-refractivity contribution in [3.63, 3.8) is 0 Å². The molecule has 0 aromatic heterocycles. The molecule has 0 aliphatic heterocycles. The minimum Gasteiger partial charge on any atom is -0.376 e. The maximum absolute atomic E-state index is 13.4. The summed E-state index contributed by atoms with van der Waals surface area (Å²) in [6.45, 7) is 0.836. The van der Waals surface area contributed by atoms with Crippen LogP contribution in [0.1, 0.15) is 12.0 Å². The quantitative estimate of drug-likeness (QED) is 0.664. The van der Waals surface area contributed by atoms with Gasteiger partial charge in [0, 0.05) is 6.61 Å². The van der Waals surface area contributed by atoms with Crippen molar-refractivity contribution in [3.8, 4) is 0 Å². The summed E-state index contributed by atoms with van der Waals surface area (Å²) in [6, 6.07) is 2.53. The van der Waals surface area contributed by atoms with Gasteiger partial charge in [-0.1, -0.05) is 0 Å². The Morgan fingerprint density at radius 1 is 1.33 bits per heavy atom. The molecule has 2 nitrogen and oxygen atoms in total. The fourth-order valence-electron chi connectivity index (χ4n) is 1.06. The molecule has 0 aliphatic carbocycles. The summed E-state index contributed by atoms with van der Waals surface area (Å²) in [5, 5.41) is 0. The zero-order chi connectivity index (χ0) is 11.3. The molecule has 0 heterocycles. The smallest absolute Gasteiger partial charge is 0.145 e. The van der Waals surface area contributed by atoms with E-state index in [2.05, 4.69) is 15.9 Å². The Balaban J connectivity index is 2.63. The molecule has 1 aromatic rings. The van der Waals surface area contributed by atoms with Crippen LogP contribution in [0, 0.1) is 11.6 Å². The minimum atomic E-state index is -0.609. The van der Waals surface area contributed by atoms with E-state index in [4.69, 9.17) is 10.5 Å². The largest absolute Gasteiger partial charge is 0.376 e. The van der Waals surface area contributed by atoms with Gasteiger partial charge in [-0.15, -0.1) is 0 Å². The van der Waals surface area contributed by atoms with Crippen LogP contribution >= 0.6 is 15.9 Å². The van der Waals surface area contributed by atoms with Gasteiger partial charge in [0.1, 0.15) is 11.6 Å². The monoisotopic (exact) mass is 279 g/mol. The Morgan fingerprint density at radius 2 is 2.07 bits per heavy atom. The summed E-state index contributed by atoms with van der Waals surface area (Å²) < 4.78 is 31.9. The van der Waals surface area contributed by atoms with Crippen LogP contribution in [0.15, 0.2) is 16.6 Å². The van der Waals surface area contributed by atoms with Gasteiger partial charge in [0.25, 0.3) is 0 Å². The van der Waals surface area contributed by atoms with Gasteiger partial charge in [0.2, 0.25) is 0 Å². The summed E-state index contributed by atoms with van der Waals surface area (Å²) >= 11 is 2.99. The van der Waals surface area contributed by atoms with Crippen LogP contribution in [-0.2, 0) is 11.3 Å². The van der Waals surface area contributed by atoms with Crippen LogP contribution in [0.4, 0.5) is 8.78 Å². The van der Waals surface area contributed by atoms with Crippen LogP contribution in [-0.4, -0.2) is 13.2 Å². The normalized spacial score (nSPS) is 10.7. The fourth-order valence-corrected chi connectivity index (χ4v) is 1.43. The number of hydrogen-bond donors (Lipinski definition) is 1. The van der Waals surface area contributed by atoms with Gasteiger partial charge < -0.3 is 10.5 Å². The Morgan fingerprint density at radius 3 is 2.73 bits per heavy atom. The average molecular weight is 280 g/mol. The van der Waals surface area contributed by atoms with E-state index >= 15 is 0 Å². The second-order valence-corrected chi connectivity index (χ2v) is 3.87. The van der Waals surface area contributed by atoms with E-state index in [-0.39, 0.29) is 16.6 Å². The zero-order valence-electron chi connectivity index (χ0n) is 8.10. The maximum Gasteiger partial charge on any atom is 0.145 e. The predicted octanol–water partition coefficient (Wildman–Crippen LogP) is 2.59. The Labute approximate surface area is 95.5 Å². The number of benzene rings is 1. The molecule has 1 rings (SSSR count). The molecule has 0 aliphatic rings. The number of rotatable bonds is 5. The Bertz CT molecular complexity index is 333. The van der Waals surface area contributed by atoms with Crippen molar-refractivity contribution < 1.29 is 13.5 Å². The van der Waals surface area contributed by atoms with Gasteiger partial charge in [-0.25, -0.2) is 8.78 Å². The van der Waals surface area contributed by atoms with E-state index in [1.165, 1.54) is 12.1 Å². The molecule has 2 N–H and O–H groups in total. The lowest BCUT2D eigenvalue weighted by Crippen LogP contribution is -2.06. The number of hydrogen-bond acceptors (Lipinski definition) is 2. The first-order chi connectivity index (χ1) is 7.16. The lowest BCUT2D eigenvalue weighted by Gasteiger charge is -2.07. The molecule has 84 valence electrons. The van der Waals surface area contributed by atoms with E-state index in [1.54, 1.807) is 0 Å². The molecule has 1 aromatic carbocycles. The van der Waals surface area contributed by atoms with Gasteiger partial charge in [-0.05, 0) is 41.0 Å². The minimum absolute atomic E-state index is 0.0543. The molecule has 0 saturated carbocycles.